The molecule has 23 heavy (non-hydrogen) atoms. The number of hydrogen-bond donors (Lipinski definition) is 1. The molecule has 0 spiro atoms. The maximum absolute atomic E-state index is 13.7. The van der Waals surface area contributed by atoms with Crippen molar-refractivity contribution in [2.75, 3.05) is 0 Å². The Kier molecular flexibility index (Phi) is 4.07. The first-order valence-electron chi connectivity index (χ1n) is 7.18. The minimum absolute atomic E-state index is 0.194. The van der Waals surface area contributed by atoms with Gasteiger partial charge in [-0.25, -0.2) is 17.6 Å². The van der Waals surface area contributed by atoms with Crippen molar-refractivity contribution in [2.45, 2.75) is 18.9 Å². The summed E-state index contributed by atoms with van der Waals surface area (Å²) >= 11 is 0. The van der Waals surface area contributed by atoms with Gasteiger partial charge in [0.05, 0.1) is 11.6 Å². The first kappa shape index (κ1) is 15.5. The Hall–Kier alpha value is -2.37. The van der Waals surface area contributed by atoms with Crippen LogP contribution >= 0.6 is 0 Å². The number of carbonyl (C=O) groups excluding carboxylic acids is 1. The molecule has 1 amide bonds. The molecule has 6 heteroatoms. The smallest absolute Gasteiger partial charge is 0.254 e. The highest BCUT2D eigenvalue weighted by Crippen LogP contribution is 2.41. The van der Waals surface area contributed by atoms with Crippen molar-refractivity contribution in [3.8, 4) is 0 Å². The molecule has 1 fully saturated rings. The van der Waals surface area contributed by atoms with E-state index in [1.54, 1.807) is 12.1 Å². The van der Waals surface area contributed by atoms with Crippen molar-refractivity contribution in [3.63, 3.8) is 0 Å². The molecule has 0 heterocycles. The molecule has 0 radical (unpaired) electrons. The molecular weight excluding hydrogens is 310 g/mol. The Morgan fingerprint density at radius 1 is 1.00 bits per heavy atom. The number of nitrogens with one attached hydrogen (secondary N) is 1. The van der Waals surface area contributed by atoms with Crippen LogP contribution in [0.1, 0.15) is 34.8 Å². The number of carbonyl (C=O) groups is 1. The van der Waals surface area contributed by atoms with E-state index < -0.39 is 34.7 Å². The summed E-state index contributed by atoms with van der Waals surface area (Å²) in [6, 6.07) is 9.04. The van der Waals surface area contributed by atoms with Gasteiger partial charge >= 0.3 is 0 Å². The van der Waals surface area contributed by atoms with E-state index in [1.807, 2.05) is 18.2 Å². The molecule has 1 N–H and O–H groups in total. The summed E-state index contributed by atoms with van der Waals surface area (Å²) in [5, 5.41) is 2.59. The van der Waals surface area contributed by atoms with Crippen LogP contribution < -0.4 is 5.32 Å². The molecule has 1 aliphatic carbocycles. The van der Waals surface area contributed by atoms with E-state index in [0.29, 0.717) is 6.07 Å². The molecule has 3 rings (SSSR count). The highest BCUT2D eigenvalue weighted by atomic mass is 19.2. The normalized spacial score (nSPS) is 15.3. The zero-order chi connectivity index (χ0) is 16.6. The first-order valence-corrected chi connectivity index (χ1v) is 7.18. The van der Waals surface area contributed by atoms with E-state index in [4.69, 9.17) is 0 Å². The van der Waals surface area contributed by atoms with Crippen molar-refractivity contribution in [3.05, 3.63) is 70.8 Å². The summed E-state index contributed by atoms with van der Waals surface area (Å²) in [4.78, 5) is 12.2. The zero-order valence-electron chi connectivity index (χ0n) is 12.0. The average molecular weight is 323 g/mol. The van der Waals surface area contributed by atoms with E-state index in [-0.39, 0.29) is 12.0 Å². The molecule has 2 nitrogen and oxygen atoms in total. The van der Waals surface area contributed by atoms with Gasteiger partial charge in [-0.3, -0.25) is 4.79 Å². The summed E-state index contributed by atoms with van der Waals surface area (Å²) in [6.45, 7) is 0. The Bertz CT molecular complexity index is 744. The zero-order valence-corrected chi connectivity index (χ0v) is 12.0. The van der Waals surface area contributed by atoms with Crippen LogP contribution in [0.3, 0.4) is 0 Å². The molecule has 2 aromatic carbocycles. The summed E-state index contributed by atoms with van der Waals surface area (Å²) in [7, 11) is 0. The topological polar surface area (TPSA) is 29.1 Å². The Morgan fingerprint density at radius 2 is 1.65 bits per heavy atom. The van der Waals surface area contributed by atoms with E-state index in [0.717, 1.165) is 18.4 Å². The summed E-state index contributed by atoms with van der Waals surface area (Å²) < 4.78 is 53.2. The van der Waals surface area contributed by atoms with E-state index in [2.05, 4.69) is 5.32 Å². The fourth-order valence-electron chi connectivity index (χ4n) is 2.52. The van der Waals surface area contributed by atoms with Crippen molar-refractivity contribution in [1.29, 1.82) is 0 Å². The molecule has 0 aromatic heterocycles. The van der Waals surface area contributed by atoms with Crippen LogP contribution in [0.4, 0.5) is 17.6 Å². The number of amides is 1. The van der Waals surface area contributed by atoms with Crippen LogP contribution in [0.25, 0.3) is 0 Å². The van der Waals surface area contributed by atoms with Gasteiger partial charge in [0.15, 0.2) is 23.3 Å². The average Bonchev–Trinajstić information content (AvgIpc) is 3.39. The lowest BCUT2D eigenvalue weighted by molar-refractivity contribution is 0.0925. The van der Waals surface area contributed by atoms with Gasteiger partial charge in [-0.2, -0.15) is 0 Å². The van der Waals surface area contributed by atoms with E-state index in [1.165, 1.54) is 0 Å². The third-order valence-corrected chi connectivity index (χ3v) is 3.89. The van der Waals surface area contributed by atoms with Crippen LogP contribution in [0.2, 0.25) is 0 Å². The lowest BCUT2D eigenvalue weighted by Crippen LogP contribution is -2.31. The quantitative estimate of drug-likeness (QED) is 0.512. The van der Waals surface area contributed by atoms with E-state index >= 15 is 0 Å². The van der Waals surface area contributed by atoms with Gasteiger partial charge in [0, 0.05) is 0 Å². The van der Waals surface area contributed by atoms with Gasteiger partial charge < -0.3 is 5.32 Å². The largest absolute Gasteiger partial charge is 0.345 e. The highest BCUT2D eigenvalue weighted by molar-refractivity contribution is 5.94. The molecule has 1 unspecified atom stereocenters. The maximum atomic E-state index is 13.7. The van der Waals surface area contributed by atoms with Gasteiger partial charge in [-0.1, -0.05) is 30.3 Å². The first-order chi connectivity index (χ1) is 11.0. The molecule has 0 bridgehead atoms. The van der Waals surface area contributed by atoms with Crippen molar-refractivity contribution in [1.82, 2.24) is 5.32 Å². The lowest BCUT2D eigenvalue weighted by atomic mass is 10.0. The number of benzene rings is 2. The summed E-state index contributed by atoms with van der Waals surface area (Å²) in [6.07, 6.45) is 1.79. The molecule has 1 atom stereocenters. The second-order valence-corrected chi connectivity index (χ2v) is 5.55. The number of rotatable bonds is 4. The van der Waals surface area contributed by atoms with Gasteiger partial charge in [-0.05, 0) is 30.4 Å². The molecule has 2 aromatic rings. The third-order valence-electron chi connectivity index (χ3n) is 3.89. The van der Waals surface area contributed by atoms with Crippen molar-refractivity contribution >= 4 is 5.91 Å². The minimum atomic E-state index is -1.99. The second-order valence-electron chi connectivity index (χ2n) is 5.55. The van der Waals surface area contributed by atoms with E-state index in [9.17, 15) is 22.4 Å². The SMILES string of the molecule is O=C(NC(c1ccccc1)C1CC1)c1cc(F)c(F)c(F)c1F. The summed E-state index contributed by atoms with van der Waals surface area (Å²) in [5.74, 6) is -7.99. The summed E-state index contributed by atoms with van der Waals surface area (Å²) in [5.41, 5.74) is -0.0187. The lowest BCUT2D eigenvalue weighted by Gasteiger charge is -2.19. The molecule has 0 saturated heterocycles. The highest BCUT2D eigenvalue weighted by Gasteiger charge is 2.34. The van der Waals surface area contributed by atoms with Crippen LogP contribution in [0.15, 0.2) is 36.4 Å². The van der Waals surface area contributed by atoms with Gasteiger partial charge in [0.1, 0.15) is 0 Å². The molecular formula is C17H13F4NO. The molecule has 120 valence electrons. The predicted octanol–water partition coefficient (Wildman–Crippen LogP) is 4.12. The minimum Gasteiger partial charge on any atom is -0.345 e. The van der Waals surface area contributed by atoms with Crippen LogP contribution in [0.5, 0.6) is 0 Å². The fraction of sp³-hybridized carbons (Fsp3) is 0.235. The number of hydrogen-bond acceptors (Lipinski definition) is 1. The van der Waals surface area contributed by atoms with Gasteiger partial charge in [0.25, 0.3) is 5.91 Å². The third kappa shape index (κ3) is 3.06. The fourth-order valence-corrected chi connectivity index (χ4v) is 2.52. The standard InChI is InChI=1S/C17H13F4NO/c18-12-8-11(13(19)15(21)14(12)20)17(23)22-16(10-6-7-10)9-4-2-1-3-5-9/h1-5,8,10,16H,6-7H2,(H,22,23). The predicted molar refractivity (Wildman–Crippen MR) is 75.6 cm³/mol. The molecule has 1 aliphatic rings. The Balaban J connectivity index is 1.89. The Morgan fingerprint density at radius 3 is 2.26 bits per heavy atom. The monoisotopic (exact) mass is 323 g/mol. The van der Waals surface area contributed by atoms with Crippen molar-refractivity contribution in [2.24, 2.45) is 5.92 Å². The van der Waals surface area contributed by atoms with Gasteiger partial charge in [-0.15, -0.1) is 0 Å². The Labute approximate surface area is 130 Å². The van der Waals surface area contributed by atoms with Crippen molar-refractivity contribution < 1.29 is 22.4 Å². The van der Waals surface area contributed by atoms with Gasteiger partial charge in [0.2, 0.25) is 0 Å². The number of halogens is 4. The second kappa shape index (κ2) is 6.02. The molecule has 1 saturated carbocycles. The molecule has 0 aliphatic heterocycles. The maximum Gasteiger partial charge on any atom is 0.254 e. The van der Waals surface area contributed by atoms with Crippen LogP contribution in [-0.2, 0) is 0 Å². The van der Waals surface area contributed by atoms with Crippen LogP contribution in [-0.4, -0.2) is 5.91 Å². The van der Waals surface area contributed by atoms with Crippen LogP contribution in [0, 0.1) is 29.2 Å².